The molecule has 0 bridgehead atoms. The van der Waals surface area contributed by atoms with Crippen LogP contribution in [-0.4, -0.2) is 22.1 Å². The highest BCUT2D eigenvalue weighted by atomic mass is 32.2. The van der Waals surface area contributed by atoms with Crippen LogP contribution in [0.25, 0.3) is 0 Å². The second kappa shape index (κ2) is 6.49. The summed E-state index contributed by atoms with van der Waals surface area (Å²) in [4.78, 5) is 24.7. The van der Waals surface area contributed by atoms with Crippen LogP contribution < -0.4 is 11.1 Å². The zero-order valence-corrected chi connectivity index (χ0v) is 12.7. The number of amides is 2. The molecule has 1 heterocycles. The van der Waals surface area contributed by atoms with E-state index in [1.165, 1.54) is 11.8 Å². The molecule has 0 atom stereocenters. The molecule has 21 heavy (non-hydrogen) atoms. The molecule has 0 spiro atoms. The highest BCUT2D eigenvalue weighted by molar-refractivity contribution is 8.00. The summed E-state index contributed by atoms with van der Waals surface area (Å²) in [5.41, 5.74) is 7.85. The van der Waals surface area contributed by atoms with E-state index >= 15 is 0 Å². The Morgan fingerprint density at radius 1 is 1.33 bits per heavy atom. The molecule has 0 unspecified atom stereocenters. The Balaban J connectivity index is 1.90. The van der Waals surface area contributed by atoms with Crippen molar-refractivity contribution in [3.63, 3.8) is 0 Å². The molecule has 2 amide bonds. The highest BCUT2D eigenvalue weighted by Crippen LogP contribution is 2.23. The molecule has 5 nitrogen and oxygen atoms in total. The van der Waals surface area contributed by atoms with Gasteiger partial charge in [-0.05, 0) is 42.8 Å². The fraction of sp³-hybridized carbons (Fsp3) is 0.200. The van der Waals surface area contributed by atoms with Gasteiger partial charge in [-0.2, -0.15) is 0 Å². The Kier molecular flexibility index (Phi) is 4.70. The standard InChI is InChI=1S/C15H17N3O2S/c1-10-8-11(16)5-6-13(10)21-9-14(19)17-15(20)12-4-3-7-18(12)2/h3-8H,9,16H2,1-2H3,(H,17,19,20). The molecule has 1 aromatic heterocycles. The molecule has 0 saturated heterocycles. The first-order chi connectivity index (χ1) is 9.97. The number of carbonyl (C=O) groups is 2. The Labute approximate surface area is 127 Å². The maximum absolute atomic E-state index is 11.9. The lowest BCUT2D eigenvalue weighted by Crippen LogP contribution is -2.32. The molecular weight excluding hydrogens is 286 g/mol. The summed E-state index contributed by atoms with van der Waals surface area (Å²) in [6, 6.07) is 8.95. The van der Waals surface area contributed by atoms with E-state index in [1.807, 2.05) is 19.1 Å². The molecule has 0 aliphatic heterocycles. The van der Waals surface area contributed by atoms with Crippen molar-refractivity contribution in [1.82, 2.24) is 9.88 Å². The summed E-state index contributed by atoms with van der Waals surface area (Å²) in [7, 11) is 1.76. The lowest BCUT2D eigenvalue weighted by Gasteiger charge is -2.07. The Morgan fingerprint density at radius 3 is 2.71 bits per heavy atom. The van der Waals surface area contributed by atoms with E-state index in [0.717, 1.165) is 10.5 Å². The minimum Gasteiger partial charge on any atom is -0.399 e. The third-order valence-electron chi connectivity index (χ3n) is 2.99. The van der Waals surface area contributed by atoms with Crippen molar-refractivity contribution in [1.29, 1.82) is 0 Å². The van der Waals surface area contributed by atoms with Crippen molar-refractivity contribution in [3.8, 4) is 0 Å². The van der Waals surface area contributed by atoms with Crippen molar-refractivity contribution in [2.24, 2.45) is 7.05 Å². The van der Waals surface area contributed by atoms with Crippen molar-refractivity contribution in [2.75, 3.05) is 11.5 Å². The normalized spacial score (nSPS) is 10.4. The Bertz CT molecular complexity index is 679. The number of nitrogens with one attached hydrogen (secondary N) is 1. The van der Waals surface area contributed by atoms with Crippen LogP contribution in [0, 0.1) is 6.92 Å². The first-order valence-electron chi connectivity index (χ1n) is 6.42. The summed E-state index contributed by atoms with van der Waals surface area (Å²) in [6.07, 6.45) is 1.76. The van der Waals surface area contributed by atoms with Crippen molar-refractivity contribution in [3.05, 3.63) is 47.8 Å². The zero-order valence-electron chi connectivity index (χ0n) is 11.9. The molecule has 0 radical (unpaired) electrons. The molecule has 2 aromatic rings. The Hall–Kier alpha value is -2.21. The SMILES string of the molecule is Cc1cc(N)ccc1SCC(=O)NC(=O)c1cccn1C. The number of benzene rings is 1. The summed E-state index contributed by atoms with van der Waals surface area (Å²) in [5.74, 6) is -0.523. The summed E-state index contributed by atoms with van der Waals surface area (Å²) >= 11 is 1.38. The first kappa shape index (κ1) is 15.2. The fourth-order valence-corrected chi connectivity index (χ4v) is 2.71. The van der Waals surface area contributed by atoms with Gasteiger partial charge in [0.15, 0.2) is 0 Å². The number of nitrogens with zero attached hydrogens (tertiary/aromatic N) is 1. The molecule has 0 saturated carbocycles. The predicted octanol–water partition coefficient (Wildman–Crippen LogP) is 1.96. The van der Waals surface area contributed by atoms with Gasteiger partial charge in [0, 0.05) is 23.8 Å². The van der Waals surface area contributed by atoms with Crippen LogP contribution in [0.3, 0.4) is 0 Å². The molecule has 6 heteroatoms. The number of anilines is 1. The molecule has 0 aliphatic rings. The zero-order chi connectivity index (χ0) is 15.4. The van der Waals surface area contributed by atoms with Gasteiger partial charge in [-0.25, -0.2) is 0 Å². The van der Waals surface area contributed by atoms with Gasteiger partial charge < -0.3 is 10.3 Å². The lowest BCUT2D eigenvalue weighted by molar-refractivity contribution is -0.117. The number of thioether (sulfide) groups is 1. The van der Waals surface area contributed by atoms with E-state index in [1.54, 1.807) is 36.0 Å². The number of imide groups is 1. The topological polar surface area (TPSA) is 77.1 Å². The van der Waals surface area contributed by atoms with E-state index in [4.69, 9.17) is 5.73 Å². The summed E-state index contributed by atoms with van der Waals surface area (Å²) in [5, 5.41) is 2.38. The largest absolute Gasteiger partial charge is 0.399 e. The van der Waals surface area contributed by atoms with Crippen LogP contribution in [0.5, 0.6) is 0 Å². The van der Waals surface area contributed by atoms with Gasteiger partial charge in [0.2, 0.25) is 5.91 Å². The molecule has 2 rings (SSSR count). The van der Waals surface area contributed by atoms with Gasteiger partial charge >= 0.3 is 0 Å². The molecule has 3 N–H and O–H groups in total. The number of hydrogen-bond acceptors (Lipinski definition) is 4. The number of aryl methyl sites for hydroxylation is 2. The predicted molar refractivity (Wildman–Crippen MR) is 84.2 cm³/mol. The highest BCUT2D eigenvalue weighted by Gasteiger charge is 2.13. The Morgan fingerprint density at radius 2 is 2.10 bits per heavy atom. The average Bonchev–Trinajstić information content (AvgIpc) is 2.84. The second-order valence-electron chi connectivity index (χ2n) is 4.70. The van der Waals surface area contributed by atoms with Crippen LogP contribution in [0.4, 0.5) is 5.69 Å². The quantitative estimate of drug-likeness (QED) is 0.668. The van der Waals surface area contributed by atoms with Crippen LogP contribution in [0.15, 0.2) is 41.4 Å². The van der Waals surface area contributed by atoms with Crippen LogP contribution in [-0.2, 0) is 11.8 Å². The van der Waals surface area contributed by atoms with Crippen molar-refractivity contribution in [2.45, 2.75) is 11.8 Å². The van der Waals surface area contributed by atoms with Gasteiger partial charge in [-0.15, -0.1) is 11.8 Å². The molecule has 0 fully saturated rings. The van der Waals surface area contributed by atoms with Crippen LogP contribution in [0.2, 0.25) is 0 Å². The monoisotopic (exact) mass is 303 g/mol. The number of nitrogen functional groups attached to an aromatic ring is 1. The van der Waals surface area contributed by atoms with E-state index in [2.05, 4.69) is 5.32 Å². The fourth-order valence-electron chi connectivity index (χ4n) is 1.90. The van der Waals surface area contributed by atoms with Gasteiger partial charge in [-0.3, -0.25) is 14.9 Å². The van der Waals surface area contributed by atoms with E-state index in [0.29, 0.717) is 11.4 Å². The van der Waals surface area contributed by atoms with E-state index in [-0.39, 0.29) is 17.6 Å². The first-order valence-corrected chi connectivity index (χ1v) is 7.40. The van der Waals surface area contributed by atoms with Crippen molar-refractivity contribution < 1.29 is 9.59 Å². The van der Waals surface area contributed by atoms with Crippen molar-refractivity contribution >= 4 is 29.3 Å². The maximum Gasteiger partial charge on any atom is 0.274 e. The number of nitrogens with two attached hydrogens (primary N) is 1. The van der Waals surface area contributed by atoms with Crippen LogP contribution in [0.1, 0.15) is 16.1 Å². The van der Waals surface area contributed by atoms with E-state index in [9.17, 15) is 9.59 Å². The van der Waals surface area contributed by atoms with Gasteiger partial charge in [0.1, 0.15) is 5.69 Å². The number of aromatic nitrogens is 1. The molecule has 1 aromatic carbocycles. The smallest absolute Gasteiger partial charge is 0.274 e. The average molecular weight is 303 g/mol. The summed E-state index contributed by atoms with van der Waals surface area (Å²) < 4.78 is 1.67. The van der Waals surface area contributed by atoms with Crippen LogP contribution >= 0.6 is 11.8 Å². The number of hydrogen-bond donors (Lipinski definition) is 2. The molecule has 110 valence electrons. The minimum absolute atomic E-state index is 0.181. The second-order valence-corrected chi connectivity index (χ2v) is 5.71. The minimum atomic E-state index is -0.387. The van der Waals surface area contributed by atoms with E-state index < -0.39 is 0 Å². The third-order valence-corrected chi connectivity index (χ3v) is 4.16. The third kappa shape index (κ3) is 3.88. The lowest BCUT2D eigenvalue weighted by atomic mass is 10.2. The van der Waals surface area contributed by atoms with Gasteiger partial charge in [0.05, 0.1) is 5.75 Å². The maximum atomic E-state index is 11.9. The van der Waals surface area contributed by atoms with Gasteiger partial charge in [0.25, 0.3) is 5.91 Å². The summed E-state index contributed by atoms with van der Waals surface area (Å²) in [6.45, 7) is 1.94. The number of carbonyl (C=O) groups excluding carboxylic acids is 2. The molecule has 0 aliphatic carbocycles. The number of rotatable bonds is 4. The van der Waals surface area contributed by atoms with Gasteiger partial charge in [-0.1, -0.05) is 0 Å². The molecular formula is C15H17N3O2S.